The van der Waals surface area contributed by atoms with Gasteiger partial charge in [-0.1, -0.05) is 35.8 Å². The highest BCUT2D eigenvalue weighted by Gasteiger charge is 2.36. The largest absolute Gasteiger partial charge is 0.378 e. The molecule has 106 valence electrons. The Bertz CT molecular complexity index is 454. The van der Waals surface area contributed by atoms with Crippen molar-refractivity contribution in [3.05, 3.63) is 47.2 Å². The van der Waals surface area contributed by atoms with E-state index in [4.69, 9.17) is 21.8 Å². The molecule has 0 aliphatic carbocycles. The van der Waals surface area contributed by atoms with Crippen LogP contribution in [0.4, 0.5) is 0 Å². The fourth-order valence-electron chi connectivity index (χ4n) is 2.30. The number of hydrogen-bond donors (Lipinski definition) is 1. The minimum absolute atomic E-state index is 0.0504. The van der Waals surface area contributed by atoms with Crippen molar-refractivity contribution in [1.29, 1.82) is 0 Å². The van der Waals surface area contributed by atoms with E-state index in [1.54, 1.807) is 7.11 Å². The van der Waals surface area contributed by atoms with E-state index >= 15 is 0 Å². The molecule has 0 aromatic heterocycles. The van der Waals surface area contributed by atoms with Crippen molar-refractivity contribution < 1.29 is 18.9 Å². The second-order valence-corrected chi connectivity index (χ2v) is 5.81. The standard InChI is InChI=1S/C14H18BO4P/c1-17-13-8-12(10-6-4-3-5-7-10)19-14(13)11(15)9-20(16)18-2/h3-7,9,12-14,16H,8H2,1-2H3/b11-9-/t12?,13-,14+,20?/m0/s1. The van der Waals surface area contributed by atoms with Gasteiger partial charge in [0.2, 0.25) is 0 Å². The van der Waals surface area contributed by atoms with Gasteiger partial charge in [0.25, 0.3) is 0 Å². The average molecular weight is 292 g/mol. The quantitative estimate of drug-likeness (QED) is 0.669. The Labute approximate surface area is 122 Å². The van der Waals surface area contributed by atoms with Crippen LogP contribution in [0.5, 0.6) is 0 Å². The van der Waals surface area contributed by atoms with E-state index in [1.807, 2.05) is 30.3 Å². The summed E-state index contributed by atoms with van der Waals surface area (Å²) < 4.78 is 16.3. The summed E-state index contributed by atoms with van der Waals surface area (Å²) in [6.45, 7) is 0. The summed E-state index contributed by atoms with van der Waals surface area (Å²) in [7, 11) is 7.42. The zero-order valence-corrected chi connectivity index (χ0v) is 12.5. The summed E-state index contributed by atoms with van der Waals surface area (Å²) >= 11 is 0. The zero-order valence-electron chi connectivity index (χ0n) is 11.6. The van der Waals surface area contributed by atoms with Gasteiger partial charge in [-0.05, 0) is 11.4 Å². The van der Waals surface area contributed by atoms with Crippen LogP contribution in [0.1, 0.15) is 18.1 Å². The minimum Gasteiger partial charge on any atom is -0.378 e. The molecule has 4 atom stereocenters. The van der Waals surface area contributed by atoms with Crippen molar-refractivity contribution in [3.63, 3.8) is 0 Å². The van der Waals surface area contributed by atoms with E-state index in [-0.39, 0.29) is 18.3 Å². The van der Waals surface area contributed by atoms with Gasteiger partial charge >= 0.3 is 0 Å². The van der Waals surface area contributed by atoms with Crippen LogP contribution in [-0.2, 0) is 14.0 Å². The number of hydrogen-bond acceptors (Lipinski definition) is 4. The number of methoxy groups -OCH3 is 1. The Hall–Kier alpha value is -0.705. The van der Waals surface area contributed by atoms with E-state index in [0.717, 1.165) is 12.0 Å². The van der Waals surface area contributed by atoms with Crippen LogP contribution in [0.15, 0.2) is 41.6 Å². The third kappa shape index (κ3) is 3.69. The minimum atomic E-state index is -1.65. The van der Waals surface area contributed by atoms with Crippen molar-refractivity contribution in [3.8, 4) is 0 Å². The molecule has 1 aromatic rings. The molecule has 1 saturated heterocycles. The molecule has 2 unspecified atom stereocenters. The molecule has 6 heteroatoms. The van der Waals surface area contributed by atoms with Crippen molar-refractivity contribution in [2.45, 2.75) is 24.7 Å². The Kier molecular flexibility index (Phi) is 5.76. The van der Waals surface area contributed by atoms with Crippen LogP contribution < -0.4 is 0 Å². The predicted octanol–water partition coefficient (Wildman–Crippen LogP) is 2.49. The van der Waals surface area contributed by atoms with Gasteiger partial charge in [-0.25, -0.2) is 0 Å². The maximum absolute atomic E-state index is 9.52. The molecular formula is C14H18BO4P. The maximum Gasteiger partial charge on any atom is 0.193 e. The van der Waals surface area contributed by atoms with Crippen LogP contribution >= 0.6 is 8.38 Å². The van der Waals surface area contributed by atoms with Crippen molar-refractivity contribution in [1.82, 2.24) is 0 Å². The van der Waals surface area contributed by atoms with Gasteiger partial charge in [0.1, 0.15) is 7.85 Å². The molecule has 1 aromatic carbocycles. The molecule has 4 nitrogen and oxygen atoms in total. The highest BCUT2D eigenvalue weighted by Crippen LogP contribution is 2.40. The summed E-state index contributed by atoms with van der Waals surface area (Å²) in [5, 5.41) is 0. The van der Waals surface area contributed by atoms with E-state index in [9.17, 15) is 4.89 Å². The molecular weight excluding hydrogens is 274 g/mol. The van der Waals surface area contributed by atoms with Crippen molar-refractivity contribution >= 4 is 16.2 Å². The van der Waals surface area contributed by atoms with Crippen molar-refractivity contribution in [2.75, 3.05) is 14.2 Å². The van der Waals surface area contributed by atoms with Gasteiger partial charge in [0.05, 0.1) is 18.3 Å². The third-order valence-electron chi connectivity index (χ3n) is 3.34. The van der Waals surface area contributed by atoms with Gasteiger partial charge in [-0.3, -0.25) is 0 Å². The molecule has 1 N–H and O–H groups in total. The van der Waals surface area contributed by atoms with Crippen LogP contribution in [0.2, 0.25) is 0 Å². The summed E-state index contributed by atoms with van der Waals surface area (Å²) in [6, 6.07) is 9.97. The first kappa shape index (κ1) is 15.7. The van der Waals surface area contributed by atoms with Gasteiger partial charge in [-0.2, -0.15) is 0 Å². The maximum atomic E-state index is 9.52. The first-order valence-electron chi connectivity index (χ1n) is 6.38. The topological polar surface area (TPSA) is 47.9 Å². The second kappa shape index (κ2) is 7.35. The smallest absolute Gasteiger partial charge is 0.193 e. The lowest BCUT2D eigenvalue weighted by molar-refractivity contribution is 0.0194. The summed E-state index contributed by atoms with van der Waals surface area (Å²) in [6.07, 6.45) is 0.190. The monoisotopic (exact) mass is 292 g/mol. The van der Waals surface area contributed by atoms with E-state index in [2.05, 4.69) is 0 Å². The molecule has 0 amide bonds. The molecule has 1 aliphatic heterocycles. The summed E-state index contributed by atoms with van der Waals surface area (Å²) in [5.41, 5.74) is 1.55. The number of ether oxygens (including phenoxy) is 2. The van der Waals surface area contributed by atoms with Crippen LogP contribution in [0.25, 0.3) is 0 Å². The van der Waals surface area contributed by atoms with Crippen molar-refractivity contribution in [2.24, 2.45) is 0 Å². The normalized spacial score (nSPS) is 28.6. The van der Waals surface area contributed by atoms with Crippen LogP contribution in [0.3, 0.4) is 0 Å². The van der Waals surface area contributed by atoms with E-state index in [1.165, 1.54) is 12.9 Å². The lowest BCUT2D eigenvalue weighted by Crippen LogP contribution is -2.25. The molecule has 20 heavy (non-hydrogen) atoms. The SMILES string of the molecule is [B]/C(=C\P(O)OC)[C@H]1OC(c2ccccc2)C[C@@H]1OC. The third-order valence-corrected chi connectivity index (χ3v) is 4.24. The number of benzene rings is 1. The molecule has 0 bridgehead atoms. The molecule has 1 heterocycles. The van der Waals surface area contributed by atoms with E-state index in [0.29, 0.717) is 5.47 Å². The average Bonchev–Trinajstić information content (AvgIpc) is 2.92. The lowest BCUT2D eigenvalue weighted by atomic mass is 9.89. The first-order chi connectivity index (χ1) is 9.65. The predicted molar refractivity (Wildman–Crippen MR) is 79.5 cm³/mol. The molecule has 1 aliphatic rings. The highest BCUT2D eigenvalue weighted by molar-refractivity contribution is 7.49. The Morgan fingerprint density at radius 1 is 1.40 bits per heavy atom. The fourth-order valence-corrected chi connectivity index (χ4v) is 2.81. The Morgan fingerprint density at radius 3 is 2.70 bits per heavy atom. The Morgan fingerprint density at radius 2 is 2.10 bits per heavy atom. The molecule has 0 saturated carbocycles. The highest BCUT2D eigenvalue weighted by atomic mass is 31.2. The number of rotatable bonds is 5. The van der Waals surface area contributed by atoms with Gasteiger partial charge in [-0.15, -0.1) is 0 Å². The fraction of sp³-hybridized carbons (Fsp3) is 0.429. The zero-order chi connectivity index (χ0) is 14.5. The van der Waals surface area contributed by atoms with Gasteiger partial charge < -0.3 is 18.9 Å². The lowest BCUT2D eigenvalue weighted by Gasteiger charge is -2.19. The van der Waals surface area contributed by atoms with Crippen LogP contribution in [-0.4, -0.2) is 39.2 Å². The van der Waals surface area contributed by atoms with E-state index < -0.39 is 8.38 Å². The summed E-state index contributed by atoms with van der Waals surface area (Å²) in [4.78, 5) is 9.52. The molecule has 0 spiro atoms. The first-order valence-corrected chi connectivity index (χ1v) is 7.66. The molecule has 2 radical (unpaired) electrons. The van der Waals surface area contributed by atoms with Gasteiger partial charge in [0, 0.05) is 20.6 Å². The Balaban J connectivity index is 2.12. The molecule has 2 rings (SSSR count). The van der Waals surface area contributed by atoms with Gasteiger partial charge in [0.15, 0.2) is 8.38 Å². The second-order valence-electron chi connectivity index (χ2n) is 4.58. The van der Waals surface area contributed by atoms with Crippen LogP contribution in [0, 0.1) is 0 Å². The summed E-state index contributed by atoms with van der Waals surface area (Å²) in [5.74, 6) is 1.50. The molecule has 1 fully saturated rings.